The van der Waals surface area contributed by atoms with Crippen molar-refractivity contribution < 1.29 is 9.53 Å². The van der Waals surface area contributed by atoms with Crippen molar-refractivity contribution in [2.45, 2.75) is 57.5 Å². The van der Waals surface area contributed by atoms with Crippen LogP contribution < -0.4 is 0 Å². The van der Waals surface area contributed by atoms with Gasteiger partial charge in [-0.2, -0.15) is 0 Å². The fourth-order valence-corrected chi connectivity index (χ4v) is 2.73. The summed E-state index contributed by atoms with van der Waals surface area (Å²) in [6.45, 7) is 2.67. The molecule has 2 aliphatic rings. The van der Waals surface area contributed by atoms with Gasteiger partial charge in [-0.1, -0.05) is 6.42 Å². The van der Waals surface area contributed by atoms with E-state index >= 15 is 0 Å². The van der Waals surface area contributed by atoms with Crippen LogP contribution >= 0.6 is 0 Å². The molecule has 0 aromatic rings. The monoisotopic (exact) mass is 196 g/mol. The molecule has 0 aromatic carbocycles. The molecule has 0 heterocycles. The smallest absolute Gasteiger partial charge is 0.167 e. The summed E-state index contributed by atoms with van der Waals surface area (Å²) in [6, 6.07) is 0. The number of hydrogen-bond donors (Lipinski definition) is 0. The molecule has 0 N–H and O–H groups in total. The summed E-state index contributed by atoms with van der Waals surface area (Å²) < 4.78 is 5.76. The molecule has 2 fully saturated rings. The highest BCUT2D eigenvalue weighted by Crippen LogP contribution is 2.40. The predicted octanol–water partition coefficient (Wildman–Crippen LogP) is 2.70. The second-order valence-electron chi connectivity index (χ2n) is 4.63. The van der Waals surface area contributed by atoms with E-state index in [1.54, 1.807) is 0 Å². The fourth-order valence-electron chi connectivity index (χ4n) is 2.73. The normalized spacial score (nSPS) is 26.1. The molecule has 2 rings (SSSR count). The Kier molecular flexibility index (Phi) is 2.91. The van der Waals surface area contributed by atoms with E-state index in [1.165, 1.54) is 19.3 Å². The Hall–Kier alpha value is -0.370. The molecule has 0 unspecified atom stereocenters. The molecule has 2 heteroatoms. The van der Waals surface area contributed by atoms with Crippen LogP contribution in [0.5, 0.6) is 0 Å². The number of ketones is 1. The molecule has 0 aliphatic heterocycles. The average Bonchev–Trinajstić information content (AvgIpc) is 2.51. The first kappa shape index (κ1) is 10.2. The van der Waals surface area contributed by atoms with Crippen molar-refractivity contribution >= 4 is 5.78 Å². The molecular formula is C12H20O2. The van der Waals surface area contributed by atoms with Crippen LogP contribution in [0.15, 0.2) is 0 Å². The van der Waals surface area contributed by atoms with Crippen LogP contribution in [0.1, 0.15) is 51.9 Å². The Morgan fingerprint density at radius 1 is 1.29 bits per heavy atom. The van der Waals surface area contributed by atoms with Gasteiger partial charge in [0.05, 0.1) is 0 Å². The van der Waals surface area contributed by atoms with Gasteiger partial charge in [0.1, 0.15) is 5.60 Å². The van der Waals surface area contributed by atoms with Crippen LogP contribution in [0.4, 0.5) is 0 Å². The van der Waals surface area contributed by atoms with E-state index < -0.39 is 0 Å². The number of carbonyl (C=O) groups is 1. The topological polar surface area (TPSA) is 26.3 Å². The van der Waals surface area contributed by atoms with E-state index in [0.717, 1.165) is 25.7 Å². The van der Waals surface area contributed by atoms with Crippen LogP contribution in [0.2, 0.25) is 0 Å². The first-order valence-electron chi connectivity index (χ1n) is 5.97. The summed E-state index contributed by atoms with van der Waals surface area (Å²) in [7, 11) is 0. The zero-order chi connectivity index (χ0) is 10.0. The summed E-state index contributed by atoms with van der Waals surface area (Å²) in [5.74, 6) is 0.753. The zero-order valence-electron chi connectivity index (χ0n) is 9.05. The molecule has 0 aromatic heterocycles. The quantitative estimate of drug-likeness (QED) is 0.691. The Morgan fingerprint density at radius 2 is 1.93 bits per heavy atom. The highest BCUT2D eigenvalue weighted by Gasteiger charge is 2.45. The highest BCUT2D eigenvalue weighted by molar-refractivity contribution is 5.90. The van der Waals surface area contributed by atoms with Crippen molar-refractivity contribution in [3.05, 3.63) is 0 Å². The molecule has 0 atom stereocenters. The Morgan fingerprint density at radius 3 is 2.36 bits per heavy atom. The third kappa shape index (κ3) is 1.60. The van der Waals surface area contributed by atoms with Crippen molar-refractivity contribution in [3.63, 3.8) is 0 Å². The lowest BCUT2D eigenvalue weighted by Crippen LogP contribution is -2.44. The van der Waals surface area contributed by atoms with Gasteiger partial charge >= 0.3 is 0 Å². The van der Waals surface area contributed by atoms with E-state index in [9.17, 15) is 4.79 Å². The second-order valence-corrected chi connectivity index (χ2v) is 4.63. The molecule has 2 aliphatic carbocycles. The lowest BCUT2D eigenvalue weighted by Gasteiger charge is -2.35. The minimum Gasteiger partial charge on any atom is -0.367 e. The average molecular weight is 196 g/mol. The molecule has 2 nitrogen and oxygen atoms in total. The molecule has 2 saturated carbocycles. The third-order valence-electron chi connectivity index (χ3n) is 3.76. The summed E-state index contributed by atoms with van der Waals surface area (Å²) in [4.78, 5) is 12.2. The summed E-state index contributed by atoms with van der Waals surface area (Å²) in [5.41, 5.74) is -0.361. The van der Waals surface area contributed by atoms with Crippen LogP contribution in [-0.4, -0.2) is 18.0 Å². The second kappa shape index (κ2) is 4.01. The molecule has 0 radical (unpaired) electrons. The first-order valence-corrected chi connectivity index (χ1v) is 5.97. The minimum atomic E-state index is -0.361. The summed E-state index contributed by atoms with van der Waals surface area (Å²) in [5, 5.41) is 0. The van der Waals surface area contributed by atoms with Crippen molar-refractivity contribution in [1.29, 1.82) is 0 Å². The molecule has 80 valence electrons. The largest absolute Gasteiger partial charge is 0.367 e. The Balaban J connectivity index is 2.04. The SMILES string of the molecule is CCOC1(C(=O)C2CCC2)CCCC1. The van der Waals surface area contributed by atoms with E-state index in [4.69, 9.17) is 4.74 Å². The van der Waals surface area contributed by atoms with E-state index in [1.807, 2.05) is 6.92 Å². The van der Waals surface area contributed by atoms with Crippen molar-refractivity contribution in [2.24, 2.45) is 5.92 Å². The van der Waals surface area contributed by atoms with E-state index in [0.29, 0.717) is 18.3 Å². The fraction of sp³-hybridized carbons (Fsp3) is 0.917. The molecule has 0 saturated heterocycles. The van der Waals surface area contributed by atoms with Crippen LogP contribution in [0.3, 0.4) is 0 Å². The number of carbonyl (C=O) groups excluding carboxylic acids is 1. The molecule has 14 heavy (non-hydrogen) atoms. The van der Waals surface area contributed by atoms with Gasteiger partial charge in [-0.15, -0.1) is 0 Å². The minimum absolute atomic E-state index is 0.333. The highest BCUT2D eigenvalue weighted by atomic mass is 16.5. The lowest BCUT2D eigenvalue weighted by atomic mass is 9.75. The lowest BCUT2D eigenvalue weighted by molar-refractivity contribution is -0.150. The number of Topliss-reactive ketones (excluding diaryl/α,β-unsaturated/α-hetero) is 1. The summed E-state index contributed by atoms with van der Waals surface area (Å²) >= 11 is 0. The number of rotatable bonds is 4. The molecule has 0 amide bonds. The van der Waals surface area contributed by atoms with Gasteiger partial charge in [-0.05, 0) is 45.4 Å². The molecule has 0 spiro atoms. The van der Waals surface area contributed by atoms with Gasteiger partial charge in [-0.3, -0.25) is 4.79 Å². The van der Waals surface area contributed by atoms with E-state index in [-0.39, 0.29) is 5.60 Å². The van der Waals surface area contributed by atoms with Gasteiger partial charge < -0.3 is 4.74 Å². The maximum atomic E-state index is 12.2. The standard InChI is InChI=1S/C12H20O2/c1-2-14-12(8-3-4-9-12)11(13)10-6-5-7-10/h10H,2-9H2,1H3. The van der Waals surface area contributed by atoms with Crippen LogP contribution in [-0.2, 0) is 9.53 Å². The Labute approximate surface area is 86.0 Å². The maximum Gasteiger partial charge on any atom is 0.167 e. The van der Waals surface area contributed by atoms with E-state index in [2.05, 4.69) is 0 Å². The van der Waals surface area contributed by atoms with Gasteiger partial charge in [0, 0.05) is 12.5 Å². The predicted molar refractivity (Wildman–Crippen MR) is 55.2 cm³/mol. The Bertz CT molecular complexity index is 212. The zero-order valence-corrected chi connectivity index (χ0v) is 9.05. The number of hydrogen-bond acceptors (Lipinski definition) is 2. The third-order valence-corrected chi connectivity index (χ3v) is 3.76. The molecule has 0 bridgehead atoms. The summed E-state index contributed by atoms with van der Waals surface area (Å²) in [6.07, 6.45) is 7.71. The van der Waals surface area contributed by atoms with Gasteiger partial charge in [-0.25, -0.2) is 0 Å². The van der Waals surface area contributed by atoms with Crippen molar-refractivity contribution in [3.8, 4) is 0 Å². The van der Waals surface area contributed by atoms with Crippen molar-refractivity contribution in [1.82, 2.24) is 0 Å². The van der Waals surface area contributed by atoms with Crippen LogP contribution in [0, 0.1) is 5.92 Å². The van der Waals surface area contributed by atoms with Gasteiger partial charge in [0.15, 0.2) is 5.78 Å². The van der Waals surface area contributed by atoms with Crippen LogP contribution in [0.25, 0.3) is 0 Å². The first-order chi connectivity index (χ1) is 6.78. The number of ether oxygens (including phenoxy) is 1. The van der Waals surface area contributed by atoms with Crippen molar-refractivity contribution in [2.75, 3.05) is 6.61 Å². The van der Waals surface area contributed by atoms with Gasteiger partial charge in [0.25, 0.3) is 0 Å². The molecular weight excluding hydrogens is 176 g/mol. The van der Waals surface area contributed by atoms with Gasteiger partial charge in [0.2, 0.25) is 0 Å². The maximum absolute atomic E-state index is 12.2.